The van der Waals surface area contributed by atoms with E-state index in [4.69, 9.17) is 4.74 Å². The molecule has 0 saturated carbocycles. The summed E-state index contributed by atoms with van der Waals surface area (Å²) in [5.41, 5.74) is 3.14. The number of imide groups is 1. The Kier molecular flexibility index (Phi) is 5.93. The number of carbonyl (C=O) groups is 3. The number of phenols is 1. The van der Waals surface area contributed by atoms with Gasteiger partial charge < -0.3 is 15.2 Å². The first-order valence-corrected chi connectivity index (χ1v) is 9.59. The van der Waals surface area contributed by atoms with Crippen LogP contribution >= 0.6 is 11.8 Å². The summed E-state index contributed by atoms with van der Waals surface area (Å²) in [5, 5.41) is 12.1. The summed E-state index contributed by atoms with van der Waals surface area (Å²) < 4.78 is 4.98. The van der Waals surface area contributed by atoms with Crippen LogP contribution in [0.1, 0.15) is 16.7 Å². The first kappa shape index (κ1) is 20.5. The number of hydrogen-bond acceptors (Lipinski definition) is 6. The third-order valence-corrected chi connectivity index (χ3v) is 5.09. The third-order valence-electron chi connectivity index (χ3n) is 4.18. The van der Waals surface area contributed by atoms with E-state index in [1.54, 1.807) is 12.1 Å². The van der Waals surface area contributed by atoms with Crippen LogP contribution < -0.4 is 10.1 Å². The molecule has 7 nitrogen and oxygen atoms in total. The van der Waals surface area contributed by atoms with Gasteiger partial charge in [-0.3, -0.25) is 19.3 Å². The van der Waals surface area contributed by atoms with Crippen LogP contribution in [0.25, 0.3) is 6.08 Å². The van der Waals surface area contributed by atoms with Gasteiger partial charge in [0.15, 0.2) is 11.5 Å². The summed E-state index contributed by atoms with van der Waals surface area (Å²) in [6.07, 6.45) is 1.49. The smallest absolute Gasteiger partial charge is 0.294 e. The maximum Gasteiger partial charge on any atom is 0.294 e. The highest BCUT2D eigenvalue weighted by atomic mass is 32.2. The van der Waals surface area contributed by atoms with Crippen LogP contribution in [-0.4, -0.2) is 40.7 Å². The van der Waals surface area contributed by atoms with Crippen molar-refractivity contribution in [2.45, 2.75) is 13.8 Å². The molecule has 0 unspecified atom stereocenters. The summed E-state index contributed by atoms with van der Waals surface area (Å²) in [6.45, 7) is 3.46. The summed E-state index contributed by atoms with van der Waals surface area (Å²) >= 11 is 0.751. The topological polar surface area (TPSA) is 95.9 Å². The number of hydrogen-bond donors (Lipinski definition) is 2. The summed E-state index contributed by atoms with van der Waals surface area (Å²) in [6, 6.07) is 10.2. The number of methoxy groups -OCH3 is 1. The van der Waals surface area contributed by atoms with E-state index in [1.165, 1.54) is 19.3 Å². The van der Waals surface area contributed by atoms with Crippen LogP contribution in [0.2, 0.25) is 0 Å². The van der Waals surface area contributed by atoms with Gasteiger partial charge in [0.25, 0.3) is 11.1 Å². The quantitative estimate of drug-likeness (QED) is 0.727. The van der Waals surface area contributed by atoms with Crippen molar-refractivity contribution in [3.8, 4) is 11.5 Å². The van der Waals surface area contributed by atoms with Crippen LogP contribution in [0.5, 0.6) is 11.5 Å². The SMILES string of the molecule is COc1ccc(/C=C2/SC(=O)N(CC(=O)Nc3cc(C)cc(C)c3)C2=O)cc1O. The highest BCUT2D eigenvalue weighted by molar-refractivity contribution is 8.18. The Morgan fingerprint density at radius 1 is 1.17 bits per heavy atom. The lowest BCUT2D eigenvalue weighted by atomic mass is 10.1. The number of nitrogens with one attached hydrogen (secondary N) is 1. The zero-order chi connectivity index (χ0) is 21.1. The molecule has 0 radical (unpaired) electrons. The van der Waals surface area contributed by atoms with Crippen LogP contribution in [0.15, 0.2) is 41.3 Å². The first-order chi connectivity index (χ1) is 13.8. The number of anilines is 1. The van der Waals surface area contributed by atoms with E-state index in [0.29, 0.717) is 17.0 Å². The van der Waals surface area contributed by atoms with E-state index in [-0.39, 0.29) is 17.2 Å². The number of rotatable bonds is 5. The van der Waals surface area contributed by atoms with Crippen LogP contribution in [0, 0.1) is 13.8 Å². The molecule has 0 aromatic heterocycles. The maximum absolute atomic E-state index is 12.6. The van der Waals surface area contributed by atoms with Gasteiger partial charge in [0.05, 0.1) is 12.0 Å². The lowest BCUT2D eigenvalue weighted by Gasteiger charge is -2.13. The van der Waals surface area contributed by atoms with Gasteiger partial charge in [-0.25, -0.2) is 0 Å². The maximum atomic E-state index is 12.6. The molecule has 0 bridgehead atoms. The number of phenolic OH excluding ortho intramolecular Hbond substituents is 1. The largest absolute Gasteiger partial charge is 0.504 e. The van der Waals surface area contributed by atoms with Crippen LogP contribution in [0.3, 0.4) is 0 Å². The Hall–Kier alpha value is -3.26. The van der Waals surface area contributed by atoms with Crippen molar-refractivity contribution in [3.63, 3.8) is 0 Å². The van der Waals surface area contributed by atoms with Crippen LogP contribution in [-0.2, 0) is 9.59 Å². The Labute approximate surface area is 172 Å². The number of ether oxygens (including phenoxy) is 1. The number of benzene rings is 2. The molecule has 3 amide bonds. The molecule has 3 rings (SSSR count). The summed E-state index contributed by atoms with van der Waals surface area (Å²) in [5.74, 6) is -0.780. The molecule has 1 aliphatic heterocycles. The van der Waals surface area contributed by atoms with Gasteiger partial charge in [-0.15, -0.1) is 0 Å². The van der Waals surface area contributed by atoms with E-state index < -0.39 is 17.1 Å². The normalized spacial score (nSPS) is 15.1. The second kappa shape index (κ2) is 8.40. The van der Waals surface area contributed by atoms with E-state index in [1.807, 2.05) is 32.0 Å². The molecule has 1 fully saturated rings. The molecule has 1 aliphatic rings. The molecule has 0 spiro atoms. The zero-order valence-electron chi connectivity index (χ0n) is 16.2. The number of amides is 3. The average molecular weight is 412 g/mol. The Morgan fingerprint density at radius 2 is 1.86 bits per heavy atom. The number of nitrogens with zero attached hydrogens (tertiary/aromatic N) is 1. The van der Waals surface area contributed by atoms with Crippen molar-refractivity contribution in [3.05, 3.63) is 58.0 Å². The number of carbonyl (C=O) groups excluding carboxylic acids is 3. The third kappa shape index (κ3) is 4.78. The van der Waals surface area contributed by atoms with Gasteiger partial charge >= 0.3 is 0 Å². The molecule has 29 heavy (non-hydrogen) atoms. The molecule has 150 valence electrons. The molecule has 2 aromatic carbocycles. The fourth-order valence-electron chi connectivity index (χ4n) is 2.98. The Bertz CT molecular complexity index is 1010. The van der Waals surface area contributed by atoms with E-state index >= 15 is 0 Å². The number of aryl methyl sites for hydroxylation is 2. The van der Waals surface area contributed by atoms with Crippen molar-refractivity contribution in [1.29, 1.82) is 0 Å². The highest BCUT2D eigenvalue weighted by Crippen LogP contribution is 2.34. The Balaban J connectivity index is 1.71. The predicted molar refractivity (Wildman–Crippen MR) is 112 cm³/mol. The van der Waals surface area contributed by atoms with E-state index in [9.17, 15) is 19.5 Å². The van der Waals surface area contributed by atoms with Gasteiger partial charge in [-0.2, -0.15) is 0 Å². The second-order valence-corrected chi connectivity index (χ2v) is 7.62. The minimum absolute atomic E-state index is 0.0756. The predicted octanol–water partition coefficient (Wildman–Crippen LogP) is 3.69. The van der Waals surface area contributed by atoms with Crippen molar-refractivity contribution in [2.24, 2.45) is 0 Å². The molecule has 0 aliphatic carbocycles. The fourth-order valence-corrected chi connectivity index (χ4v) is 3.81. The zero-order valence-corrected chi connectivity index (χ0v) is 17.0. The van der Waals surface area contributed by atoms with Gasteiger partial charge in [-0.05, 0) is 72.6 Å². The fraction of sp³-hybridized carbons (Fsp3) is 0.190. The minimum Gasteiger partial charge on any atom is -0.504 e. The first-order valence-electron chi connectivity index (χ1n) is 8.77. The lowest BCUT2D eigenvalue weighted by molar-refractivity contribution is -0.127. The van der Waals surface area contributed by atoms with E-state index in [2.05, 4.69) is 5.32 Å². The van der Waals surface area contributed by atoms with Gasteiger partial charge in [0, 0.05) is 5.69 Å². The second-order valence-electron chi connectivity index (χ2n) is 6.62. The van der Waals surface area contributed by atoms with Crippen LogP contribution in [0.4, 0.5) is 10.5 Å². The van der Waals surface area contributed by atoms with Gasteiger partial charge in [-0.1, -0.05) is 12.1 Å². The van der Waals surface area contributed by atoms with Gasteiger partial charge in [0.1, 0.15) is 6.54 Å². The molecule has 1 heterocycles. The summed E-state index contributed by atoms with van der Waals surface area (Å²) in [4.78, 5) is 38.2. The molecule has 0 atom stereocenters. The monoisotopic (exact) mass is 412 g/mol. The minimum atomic E-state index is -0.550. The lowest BCUT2D eigenvalue weighted by Crippen LogP contribution is -2.36. The molecule has 2 aromatic rings. The number of aromatic hydroxyl groups is 1. The molecule has 1 saturated heterocycles. The molecule has 2 N–H and O–H groups in total. The van der Waals surface area contributed by atoms with Crippen molar-refractivity contribution < 1.29 is 24.2 Å². The van der Waals surface area contributed by atoms with Crippen molar-refractivity contribution in [1.82, 2.24) is 4.90 Å². The highest BCUT2D eigenvalue weighted by Gasteiger charge is 2.36. The van der Waals surface area contributed by atoms with E-state index in [0.717, 1.165) is 27.8 Å². The van der Waals surface area contributed by atoms with Crippen molar-refractivity contribution in [2.75, 3.05) is 19.0 Å². The van der Waals surface area contributed by atoms with Gasteiger partial charge in [0.2, 0.25) is 5.91 Å². The average Bonchev–Trinajstić information content (AvgIpc) is 2.88. The molecular formula is C21H20N2O5S. The number of thioether (sulfide) groups is 1. The Morgan fingerprint density at radius 3 is 2.48 bits per heavy atom. The molecule has 8 heteroatoms. The molecular weight excluding hydrogens is 392 g/mol. The van der Waals surface area contributed by atoms with Crippen molar-refractivity contribution >= 4 is 40.6 Å². The standard InChI is InChI=1S/C21H20N2O5S/c1-12-6-13(2)8-15(7-12)22-19(25)11-23-20(26)18(29-21(23)27)10-14-4-5-17(28-3)16(24)9-14/h4-10,24H,11H2,1-3H3,(H,22,25)/b18-10+. The summed E-state index contributed by atoms with van der Waals surface area (Å²) in [7, 11) is 1.43.